The van der Waals surface area contributed by atoms with Crippen LogP contribution in [0, 0.1) is 6.92 Å². The number of pyridine rings is 1. The van der Waals surface area contributed by atoms with Gasteiger partial charge in [-0.05, 0) is 42.3 Å². The fourth-order valence-corrected chi connectivity index (χ4v) is 2.51. The van der Waals surface area contributed by atoms with Gasteiger partial charge in [0.1, 0.15) is 0 Å². The standard InChI is InChI=1S/C18H19N3/c1-13-5-2-3-7-16(13)21-18(12-19)15-8-9-17-14(11-15)6-4-10-20-17/h2-11,18,21H,12,19H2,1H3. The number of hydrogen-bond acceptors (Lipinski definition) is 3. The highest BCUT2D eigenvalue weighted by Crippen LogP contribution is 2.24. The lowest BCUT2D eigenvalue weighted by Gasteiger charge is -2.20. The van der Waals surface area contributed by atoms with Gasteiger partial charge in [0.15, 0.2) is 0 Å². The summed E-state index contributed by atoms with van der Waals surface area (Å²) in [5, 5.41) is 4.67. The maximum atomic E-state index is 5.97. The van der Waals surface area contributed by atoms with Crippen LogP contribution in [-0.2, 0) is 0 Å². The van der Waals surface area contributed by atoms with Crippen LogP contribution in [0.2, 0.25) is 0 Å². The number of fused-ring (bicyclic) bond motifs is 1. The molecule has 0 aliphatic rings. The third-order valence-corrected chi connectivity index (χ3v) is 3.74. The van der Waals surface area contributed by atoms with E-state index in [2.05, 4.69) is 47.6 Å². The Morgan fingerprint density at radius 1 is 1.10 bits per heavy atom. The molecular formula is C18H19N3. The highest BCUT2D eigenvalue weighted by atomic mass is 14.9. The highest BCUT2D eigenvalue weighted by Gasteiger charge is 2.11. The Kier molecular flexibility index (Phi) is 3.84. The second-order valence-electron chi connectivity index (χ2n) is 5.20. The summed E-state index contributed by atoms with van der Waals surface area (Å²) in [7, 11) is 0. The van der Waals surface area contributed by atoms with Crippen LogP contribution in [-0.4, -0.2) is 11.5 Å². The van der Waals surface area contributed by atoms with Gasteiger partial charge in [0.2, 0.25) is 0 Å². The van der Waals surface area contributed by atoms with Crippen molar-refractivity contribution < 1.29 is 0 Å². The minimum atomic E-state index is 0.0932. The van der Waals surface area contributed by atoms with E-state index >= 15 is 0 Å². The number of hydrogen-bond donors (Lipinski definition) is 2. The molecule has 0 saturated heterocycles. The van der Waals surface area contributed by atoms with Gasteiger partial charge in [0.25, 0.3) is 0 Å². The maximum absolute atomic E-state index is 5.97. The molecule has 0 radical (unpaired) electrons. The first-order valence-corrected chi connectivity index (χ1v) is 7.15. The van der Waals surface area contributed by atoms with Gasteiger partial charge in [0.05, 0.1) is 11.6 Å². The average molecular weight is 277 g/mol. The lowest BCUT2D eigenvalue weighted by molar-refractivity contribution is 0.790. The zero-order chi connectivity index (χ0) is 14.7. The summed E-state index contributed by atoms with van der Waals surface area (Å²) in [6, 6.07) is 18.7. The quantitative estimate of drug-likeness (QED) is 0.765. The fraction of sp³-hybridized carbons (Fsp3) is 0.167. The van der Waals surface area contributed by atoms with E-state index in [1.807, 2.05) is 30.5 Å². The summed E-state index contributed by atoms with van der Waals surface area (Å²) in [5.41, 5.74) is 10.5. The predicted octanol–water partition coefficient (Wildman–Crippen LogP) is 3.66. The summed E-state index contributed by atoms with van der Waals surface area (Å²) in [5.74, 6) is 0. The van der Waals surface area contributed by atoms with E-state index < -0.39 is 0 Å². The van der Waals surface area contributed by atoms with Gasteiger partial charge in [-0.3, -0.25) is 4.98 Å². The second-order valence-corrected chi connectivity index (χ2v) is 5.20. The molecule has 0 aliphatic heterocycles. The number of aromatic nitrogens is 1. The zero-order valence-electron chi connectivity index (χ0n) is 12.1. The summed E-state index contributed by atoms with van der Waals surface area (Å²) < 4.78 is 0. The molecule has 0 amide bonds. The molecule has 1 unspecified atom stereocenters. The normalized spacial score (nSPS) is 12.3. The van der Waals surface area contributed by atoms with Crippen molar-refractivity contribution in [1.29, 1.82) is 0 Å². The topological polar surface area (TPSA) is 50.9 Å². The number of nitrogens with zero attached hydrogens (tertiary/aromatic N) is 1. The van der Waals surface area contributed by atoms with Gasteiger partial charge in [-0.1, -0.05) is 30.3 Å². The van der Waals surface area contributed by atoms with Crippen LogP contribution in [0.1, 0.15) is 17.2 Å². The van der Waals surface area contributed by atoms with Gasteiger partial charge in [0, 0.05) is 23.8 Å². The van der Waals surface area contributed by atoms with Crippen LogP contribution in [0.25, 0.3) is 10.9 Å². The van der Waals surface area contributed by atoms with Crippen molar-refractivity contribution >= 4 is 16.6 Å². The Balaban J connectivity index is 1.93. The average Bonchev–Trinajstić information content (AvgIpc) is 2.54. The molecule has 3 N–H and O–H groups in total. The number of para-hydroxylation sites is 1. The van der Waals surface area contributed by atoms with Gasteiger partial charge >= 0.3 is 0 Å². The molecule has 3 rings (SSSR count). The van der Waals surface area contributed by atoms with E-state index in [9.17, 15) is 0 Å². The number of anilines is 1. The Labute approximate surface area is 124 Å². The minimum absolute atomic E-state index is 0.0932. The Morgan fingerprint density at radius 2 is 1.95 bits per heavy atom. The molecule has 0 saturated carbocycles. The number of benzene rings is 2. The van der Waals surface area contributed by atoms with Crippen molar-refractivity contribution in [3.63, 3.8) is 0 Å². The number of rotatable bonds is 4. The van der Waals surface area contributed by atoms with Crippen LogP contribution >= 0.6 is 0 Å². The van der Waals surface area contributed by atoms with Crippen LogP contribution < -0.4 is 11.1 Å². The van der Waals surface area contributed by atoms with E-state index in [1.165, 1.54) is 11.1 Å². The smallest absolute Gasteiger partial charge is 0.0702 e. The first-order valence-electron chi connectivity index (χ1n) is 7.15. The monoisotopic (exact) mass is 277 g/mol. The van der Waals surface area contributed by atoms with Crippen LogP contribution in [0.5, 0.6) is 0 Å². The third kappa shape index (κ3) is 2.88. The fourth-order valence-electron chi connectivity index (χ4n) is 2.51. The van der Waals surface area contributed by atoms with Crippen LogP contribution in [0.4, 0.5) is 5.69 Å². The molecule has 0 fully saturated rings. The predicted molar refractivity (Wildman–Crippen MR) is 88.3 cm³/mol. The Hall–Kier alpha value is -2.39. The van der Waals surface area contributed by atoms with Gasteiger partial charge in [-0.15, -0.1) is 0 Å². The largest absolute Gasteiger partial charge is 0.377 e. The molecule has 1 aromatic heterocycles. The van der Waals surface area contributed by atoms with Gasteiger partial charge in [-0.2, -0.15) is 0 Å². The highest BCUT2D eigenvalue weighted by molar-refractivity contribution is 5.79. The van der Waals surface area contributed by atoms with E-state index in [-0.39, 0.29) is 6.04 Å². The second kappa shape index (κ2) is 5.94. The van der Waals surface area contributed by atoms with Gasteiger partial charge in [-0.25, -0.2) is 0 Å². The van der Waals surface area contributed by atoms with Crippen LogP contribution in [0.15, 0.2) is 60.8 Å². The molecule has 0 bridgehead atoms. The van der Waals surface area contributed by atoms with Crippen LogP contribution in [0.3, 0.4) is 0 Å². The zero-order valence-corrected chi connectivity index (χ0v) is 12.1. The Morgan fingerprint density at radius 3 is 2.76 bits per heavy atom. The van der Waals surface area contributed by atoms with Crippen molar-refractivity contribution in [2.75, 3.05) is 11.9 Å². The SMILES string of the molecule is Cc1ccccc1NC(CN)c1ccc2ncccc2c1. The molecule has 106 valence electrons. The van der Waals surface area contributed by atoms with E-state index in [1.54, 1.807) is 0 Å². The molecule has 0 aliphatic carbocycles. The maximum Gasteiger partial charge on any atom is 0.0702 e. The first kappa shape index (κ1) is 13.6. The van der Waals surface area contributed by atoms with Crippen molar-refractivity contribution in [2.24, 2.45) is 5.73 Å². The van der Waals surface area contributed by atoms with Crippen molar-refractivity contribution in [3.8, 4) is 0 Å². The summed E-state index contributed by atoms with van der Waals surface area (Å²) in [6.45, 7) is 2.64. The molecule has 2 aromatic carbocycles. The minimum Gasteiger partial charge on any atom is -0.377 e. The number of nitrogens with two attached hydrogens (primary N) is 1. The van der Waals surface area contributed by atoms with Crippen molar-refractivity contribution in [2.45, 2.75) is 13.0 Å². The molecule has 1 atom stereocenters. The number of aryl methyl sites for hydroxylation is 1. The molecular weight excluding hydrogens is 258 g/mol. The van der Waals surface area contributed by atoms with E-state index in [4.69, 9.17) is 5.73 Å². The van der Waals surface area contributed by atoms with E-state index in [0.717, 1.165) is 16.6 Å². The van der Waals surface area contributed by atoms with Crippen molar-refractivity contribution in [3.05, 3.63) is 71.9 Å². The molecule has 3 nitrogen and oxygen atoms in total. The Bertz CT molecular complexity index is 752. The summed E-state index contributed by atoms with van der Waals surface area (Å²) in [6.07, 6.45) is 1.81. The van der Waals surface area contributed by atoms with E-state index in [0.29, 0.717) is 6.54 Å². The lowest BCUT2D eigenvalue weighted by atomic mass is 10.0. The molecule has 1 heterocycles. The summed E-state index contributed by atoms with van der Waals surface area (Å²) >= 11 is 0. The first-order chi connectivity index (χ1) is 10.3. The third-order valence-electron chi connectivity index (χ3n) is 3.74. The molecule has 0 spiro atoms. The molecule has 21 heavy (non-hydrogen) atoms. The molecule has 3 heteroatoms. The number of nitrogens with one attached hydrogen (secondary N) is 1. The molecule has 3 aromatic rings. The van der Waals surface area contributed by atoms with Crippen molar-refractivity contribution in [1.82, 2.24) is 4.98 Å². The summed E-state index contributed by atoms with van der Waals surface area (Å²) in [4.78, 5) is 4.35. The lowest BCUT2D eigenvalue weighted by Crippen LogP contribution is -2.21. The van der Waals surface area contributed by atoms with Gasteiger partial charge < -0.3 is 11.1 Å².